The molecule has 0 aliphatic carbocycles. The topological polar surface area (TPSA) is 13.1 Å². The summed E-state index contributed by atoms with van der Waals surface area (Å²) >= 11 is 9.25. The molecule has 1 aromatic carbocycles. The second-order valence-electron chi connectivity index (χ2n) is 2.68. The van der Waals surface area contributed by atoms with Crippen molar-refractivity contribution in [3.05, 3.63) is 33.5 Å². The van der Waals surface area contributed by atoms with Gasteiger partial charge in [-0.15, -0.1) is 0 Å². The van der Waals surface area contributed by atoms with Crippen molar-refractivity contribution in [3.63, 3.8) is 0 Å². The highest BCUT2D eigenvalue weighted by Crippen LogP contribution is 2.30. The Labute approximate surface area is 83.4 Å². The average Bonchev–Trinajstić information content (AvgIpc) is 2.35. The maximum atomic E-state index is 5.89. The average molecular weight is 246 g/mol. The maximum Gasteiger partial charge on any atom is 0.135 e. The van der Waals surface area contributed by atoms with E-state index >= 15 is 0 Å². The molecule has 1 aromatic heterocycles. The fourth-order valence-electron chi connectivity index (χ4n) is 1.15. The molecule has 0 spiro atoms. The van der Waals surface area contributed by atoms with Crippen LogP contribution in [0, 0.1) is 6.92 Å². The standard InChI is InChI=1S/C9H6BrClO/c1-5-4-12-9-3-8(11)7(10)2-6(5)9/h2-4H,1H3. The van der Waals surface area contributed by atoms with E-state index in [0.29, 0.717) is 5.02 Å². The summed E-state index contributed by atoms with van der Waals surface area (Å²) in [5.41, 5.74) is 1.96. The zero-order valence-electron chi connectivity index (χ0n) is 6.40. The molecule has 0 radical (unpaired) electrons. The Kier molecular flexibility index (Phi) is 1.89. The van der Waals surface area contributed by atoms with Crippen molar-refractivity contribution in [2.24, 2.45) is 0 Å². The fourth-order valence-corrected chi connectivity index (χ4v) is 1.65. The van der Waals surface area contributed by atoms with Crippen molar-refractivity contribution >= 4 is 38.5 Å². The lowest BCUT2D eigenvalue weighted by Gasteiger charge is -1.94. The molecule has 2 aromatic rings. The third kappa shape index (κ3) is 1.15. The first-order valence-corrected chi connectivity index (χ1v) is 4.68. The lowest BCUT2D eigenvalue weighted by Crippen LogP contribution is -1.71. The van der Waals surface area contributed by atoms with Crippen molar-refractivity contribution in [1.29, 1.82) is 0 Å². The lowest BCUT2D eigenvalue weighted by atomic mass is 10.2. The lowest BCUT2D eigenvalue weighted by molar-refractivity contribution is 0.613. The van der Waals surface area contributed by atoms with Gasteiger partial charge in [0, 0.05) is 15.9 Å². The molecule has 0 atom stereocenters. The number of hydrogen-bond donors (Lipinski definition) is 0. The Morgan fingerprint density at radius 1 is 1.42 bits per heavy atom. The van der Waals surface area contributed by atoms with Crippen molar-refractivity contribution in [2.75, 3.05) is 0 Å². The summed E-state index contributed by atoms with van der Waals surface area (Å²) in [4.78, 5) is 0. The van der Waals surface area contributed by atoms with Gasteiger partial charge in [0.25, 0.3) is 0 Å². The SMILES string of the molecule is Cc1coc2cc(Cl)c(Br)cc12. The summed E-state index contributed by atoms with van der Waals surface area (Å²) in [6, 6.07) is 3.78. The highest BCUT2D eigenvalue weighted by atomic mass is 79.9. The Balaban J connectivity index is 2.87. The van der Waals surface area contributed by atoms with Gasteiger partial charge in [-0.2, -0.15) is 0 Å². The summed E-state index contributed by atoms with van der Waals surface area (Å²) < 4.78 is 6.18. The van der Waals surface area contributed by atoms with Crippen LogP contribution in [0.25, 0.3) is 11.0 Å². The van der Waals surface area contributed by atoms with E-state index in [-0.39, 0.29) is 0 Å². The molecule has 2 rings (SSSR count). The summed E-state index contributed by atoms with van der Waals surface area (Å²) in [6.45, 7) is 2.01. The summed E-state index contributed by atoms with van der Waals surface area (Å²) in [5, 5.41) is 1.78. The molecule has 0 unspecified atom stereocenters. The molecule has 1 nitrogen and oxygen atoms in total. The van der Waals surface area contributed by atoms with Crippen LogP contribution in [0.1, 0.15) is 5.56 Å². The van der Waals surface area contributed by atoms with Crippen LogP contribution < -0.4 is 0 Å². The van der Waals surface area contributed by atoms with E-state index in [2.05, 4.69) is 15.9 Å². The van der Waals surface area contributed by atoms with Crippen molar-refractivity contribution in [2.45, 2.75) is 6.92 Å². The molecule has 3 heteroatoms. The van der Waals surface area contributed by atoms with Gasteiger partial charge in [0.05, 0.1) is 11.3 Å². The van der Waals surface area contributed by atoms with Crippen LogP contribution in [0.3, 0.4) is 0 Å². The van der Waals surface area contributed by atoms with Crippen LogP contribution in [0.15, 0.2) is 27.3 Å². The van der Waals surface area contributed by atoms with Crippen LogP contribution in [-0.4, -0.2) is 0 Å². The molecule has 12 heavy (non-hydrogen) atoms. The fraction of sp³-hybridized carbons (Fsp3) is 0.111. The number of rotatable bonds is 0. The van der Waals surface area contributed by atoms with E-state index in [0.717, 1.165) is 21.0 Å². The van der Waals surface area contributed by atoms with Gasteiger partial charge in [0.2, 0.25) is 0 Å². The smallest absolute Gasteiger partial charge is 0.135 e. The number of furan rings is 1. The molecular formula is C9H6BrClO. The van der Waals surface area contributed by atoms with E-state index in [1.165, 1.54) is 0 Å². The quantitative estimate of drug-likeness (QED) is 0.679. The maximum absolute atomic E-state index is 5.89. The van der Waals surface area contributed by atoms with E-state index in [4.69, 9.17) is 16.0 Å². The van der Waals surface area contributed by atoms with Gasteiger partial charge in [0.15, 0.2) is 0 Å². The zero-order chi connectivity index (χ0) is 8.72. The minimum atomic E-state index is 0.678. The Morgan fingerprint density at radius 2 is 2.17 bits per heavy atom. The highest BCUT2D eigenvalue weighted by molar-refractivity contribution is 9.10. The van der Waals surface area contributed by atoms with Gasteiger partial charge in [-0.1, -0.05) is 11.6 Å². The Bertz CT molecular complexity index is 433. The summed E-state index contributed by atoms with van der Waals surface area (Å²) in [7, 11) is 0. The predicted octanol–water partition coefficient (Wildman–Crippen LogP) is 4.16. The summed E-state index contributed by atoms with van der Waals surface area (Å²) in [6.07, 6.45) is 1.73. The third-order valence-corrected chi connectivity index (χ3v) is 3.01. The molecule has 0 aliphatic rings. The highest BCUT2D eigenvalue weighted by Gasteiger charge is 2.05. The van der Waals surface area contributed by atoms with Gasteiger partial charge in [-0.3, -0.25) is 0 Å². The number of hydrogen-bond acceptors (Lipinski definition) is 1. The van der Waals surface area contributed by atoms with Crippen molar-refractivity contribution < 1.29 is 4.42 Å². The molecule has 0 bridgehead atoms. The predicted molar refractivity (Wildman–Crippen MR) is 53.7 cm³/mol. The second-order valence-corrected chi connectivity index (χ2v) is 3.94. The minimum absolute atomic E-state index is 0.678. The number of aryl methyl sites for hydroxylation is 1. The van der Waals surface area contributed by atoms with E-state index < -0.39 is 0 Å². The van der Waals surface area contributed by atoms with Gasteiger partial charge in [-0.05, 0) is 34.5 Å². The number of benzene rings is 1. The monoisotopic (exact) mass is 244 g/mol. The Hall–Kier alpha value is -0.470. The summed E-state index contributed by atoms with van der Waals surface area (Å²) in [5.74, 6) is 0. The molecule has 0 saturated heterocycles. The van der Waals surface area contributed by atoms with Crippen molar-refractivity contribution in [3.8, 4) is 0 Å². The van der Waals surface area contributed by atoms with E-state index in [9.17, 15) is 0 Å². The normalized spacial score (nSPS) is 10.9. The second kappa shape index (κ2) is 2.79. The first kappa shape index (κ1) is 8.14. The molecule has 1 heterocycles. The largest absolute Gasteiger partial charge is 0.464 e. The van der Waals surface area contributed by atoms with Crippen LogP contribution in [0.5, 0.6) is 0 Å². The third-order valence-electron chi connectivity index (χ3n) is 1.81. The zero-order valence-corrected chi connectivity index (χ0v) is 8.74. The van der Waals surface area contributed by atoms with Crippen LogP contribution >= 0.6 is 27.5 Å². The van der Waals surface area contributed by atoms with Gasteiger partial charge >= 0.3 is 0 Å². The van der Waals surface area contributed by atoms with Crippen LogP contribution in [0.2, 0.25) is 5.02 Å². The Morgan fingerprint density at radius 3 is 2.92 bits per heavy atom. The number of halogens is 2. The first-order chi connectivity index (χ1) is 5.68. The van der Waals surface area contributed by atoms with Gasteiger partial charge in [-0.25, -0.2) is 0 Å². The van der Waals surface area contributed by atoms with Crippen molar-refractivity contribution in [1.82, 2.24) is 0 Å². The molecule has 62 valence electrons. The van der Waals surface area contributed by atoms with E-state index in [1.807, 2.05) is 19.1 Å². The van der Waals surface area contributed by atoms with E-state index in [1.54, 1.807) is 6.26 Å². The van der Waals surface area contributed by atoms with Crippen LogP contribution in [0.4, 0.5) is 0 Å². The molecule has 0 N–H and O–H groups in total. The molecule has 0 aliphatic heterocycles. The molecule has 0 fully saturated rings. The van der Waals surface area contributed by atoms with Gasteiger partial charge in [0.1, 0.15) is 5.58 Å². The molecule has 0 saturated carbocycles. The molecular weight excluding hydrogens is 239 g/mol. The molecule has 0 amide bonds. The first-order valence-electron chi connectivity index (χ1n) is 3.51. The minimum Gasteiger partial charge on any atom is -0.464 e. The van der Waals surface area contributed by atoms with Gasteiger partial charge < -0.3 is 4.42 Å². The number of fused-ring (bicyclic) bond motifs is 1. The van der Waals surface area contributed by atoms with Crippen LogP contribution in [-0.2, 0) is 0 Å².